The molecule has 0 radical (unpaired) electrons. The van der Waals surface area contributed by atoms with Crippen molar-refractivity contribution in [2.45, 2.75) is 18.6 Å². The summed E-state index contributed by atoms with van der Waals surface area (Å²) in [4.78, 5) is 10.9. The highest BCUT2D eigenvalue weighted by Crippen LogP contribution is 2.33. The molecule has 1 aromatic carbocycles. The average molecular weight is 272 g/mol. The molecular weight excluding hydrogens is 256 g/mol. The van der Waals surface area contributed by atoms with Gasteiger partial charge < -0.3 is 20.1 Å². The Labute approximate surface area is 110 Å². The normalized spacial score (nSPS) is 14.0. The van der Waals surface area contributed by atoms with Gasteiger partial charge in [0.2, 0.25) is 0 Å². The van der Waals surface area contributed by atoms with E-state index < -0.39 is 12.2 Å². The Hall–Kier alpha value is -1.24. The highest BCUT2D eigenvalue weighted by Gasteiger charge is 2.22. The summed E-state index contributed by atoms with van der Waals surface area (Å²) < 4.78 is 4.90. The van der Waals surface area contributed by atoms with Gasteiger partial charge in [-0.15, -0.1) is 0 Å². The number of carbonyl (C=O) groups is 1. The summed E-state index contributed by atoms with van der Waals surface area (Å²) in [6, 6.07) is 2.53. The Bertz CT molecular complexity index is 421. The highest BCUT2D eigenvalue weighted by atomic mass is 32.1. The predicted octanol–water partition coefficient (Wildman–Crippen LogP) is 0.927. The summed E-state index contributed by atoms with van der Waals surface area (Å²) in [7, 11) is 1.36. The van der Waals surface area contributed by atoms with Crippen LogP contribution in [0.4, 0.5) is 0 Å². The number of methoxy groups -OCH3 is 1. The van der Waals surface area contributed by atoms with Gasteiger partial charge in [-0.25, -0.2) is 0 Å². The topological polar surface area (TPSA) is 87.0 Å². The molecule has 0 spiro atoms. The van der Waals surface area contributed by atoms with Crippen molar-refractivity contribution in [3.63, 3.8) is 0 Å². The van der Waals surface area contributed by atoms with Crippen LogP contribution in [0.25, 0.3) is 0 Å². The molecule has 18 heavy (non-hydrogen) atoms. The number of aldehydes is 1. The van der Waals surface area contributed by atoms with Crippen LogP contribution in [0.3, 0.4) is 0 Å². The number of aliphatic hydroxyl groups is 2. The van der Waals surface area contributed by atoms with Crippen LogP contribution >= 0.6 is 12.6 Å². The van der Waals surface area contributed by atoms with E-state index in [1.165, 1.54) is 19.2 Å². The van der Waals surface area contributed by atoms with Gasteiger partial charge in [0.25, 0.3) is 0 Å². The number of aliphatic hydroxyl groups excluding tert-OH is 2. The third kappa shape index (κ3) is 3.16. The van der Waals surface area contributed by atoms with E-state index in [-0.39, 0.29) is 29.0 Å². The maximum atomic E-state index is 10.9. The molecule has 0 aromatic heterocycles. The molecule has 100 valence electrons. The third-order valence-corrected chi connectivity index (χ3v) is 2.88. The molecule has 5 nitrogen and oxygen atoms in total. The monoisotopic (exact) mass is 272 g/mol. The summed E-state index contributed by atoms with van der Waals surface area (Å²) >= 11 is 3.97. The lowest BCUT2D eigenvalue weighted by Gasteiger charge is -2.19. The number of ether oxygens (including phenoxy) is 1. The zero-order valence-electron chi connectivity index (χ0n) is 9.91. The number of phenols is 1. The minimum atomic E-state index is -1.23. The van der Waals surface area contributed by atoms with Gasteiger partial charge in [-0.2, -0.15) is 12.6 Å². The maximum absolute atomic E-state index is 10.9. The van der Waals surface area contributed by atoms with Crippen LogP contribution in [0.15, 0.2) is 12.1 Å². The van der Waals surface area contributed by atoms with Crippen LogP contribution in [-0.2, 0) is 0 Å². The van der Waals surface area contributed by atoms with Gasteiger partial charge in [-0.3, -0.25) is 4.79 Å². The van der Waals surface area contributed by atoms with Gasteiger partial charge in [0, 0.05) is 5.56 Å². The van der Waals surface area contributed by atoms with Gasteiger partial charge in [0.15, 0.2) is 17.8 Å². The lowest BCUT2D eigenvalue weighted by molar-refractivity contribution is 0.0167. The van der Waals surface area contributed by atoms with Crippen LogP contribution < -0.4 is 4.74 Å². The first-order valence-corrected chi connectivity index (χ1v) is 6.01. The molecule has 0 saturated carbocycles. The smallest absolute Gasteiger partial charge is 0.160 e. The highest BCUT2D eigenvalue weighted by molar-refractivity contribution is 7.80. The van der Waals surface area contributed by atoms with Crippen molar-refractivity contribution in [1.82, 2.24) is 0 Å². The molecule has 1 aromatic rings. The fraction of sp³-hybridized carbons (Fsp3) is 0.417. The Balaban J connectivity index is 3.16. The summed E-state index contributed by atoms with van der Waals surface area (Å²) in [6.07, 6.45) is -1.47. The molecule has 0 heterocycles. The van der Waals surface area contributed by atoms with Crippen molar-refractivity contribution in [3.05, 3.63) is 23.3 Å². The van der Waals surface area contributed by atoms with Crippen molar-refractivity contribution >= 4 is 18.9 Å². The van der Waals surface area contributed by atoms with Crippen molar-refractivity contribution in [2.24, 2.45) is 0 Å². The second-order valence-corrected chi connectivity index (χ2v) is 4.24. The van der Waals surface area contributed by atoms with Crippen molar-refractivity contribution < 1.29 is 24.9 Å². The Morgan fingerprint density at radius 2 is 2.11 bits per heavy atom. The van der Waals surface area contributed by atoms with Crippen LogP contribution in [0.1, 0.15) is 28.4 Å². The standard InChI is InChI=1S/C12H16O5S/c1-17-11-5-8(7(6-13)4-10(11)15)12(16)9(14)2-3-18/h4-6,9,12,14-16,18H,2-3H2,1H3. The van der Waals surface area contributed by atoms with E-state index in [0.717, 1.165) is 0 Å². The molecule has 0 aliphatic rings. The first-order valence-electron chi connectivity index (χ1n) is 5.38. The molecule has 6 heteroatoms. The van der Waals surface area contributed by atoms with Gasteiger partial charge in [0.1, 0.15) is 6.10 Å². The number of aromatic hydroxyl groups is 1. The molecule has 0 aliphatic heterocycles. The minimum absolute atomic E-state index is 0.110. The first-order chi connectivity index (χ1) is 8.54. The third-order valence-electron chi connectivity index (χ3n) is 2.62. The summed E-state index contributed by atoms with van der Waals surface area (Å²) in [5.41, 5.74) is 0.327. The van der Waals surface area contributed by atoms with E-state index in [1.54, 1.807) is 0 Å². The van der Waals surface area contributed by atoms with E-state index in [2.05, 4.69) is 12.6 Å². The summed E-state index contributed by atoms with van der Waals surface area (Å²) in [5, 5.41) is 29.2. The van der Waals surface area contributed by atoms with E-state index in [4.69, 9.17) is 4.74 Å². The second-order valence-electron chi connectivity index (χ2n) is 3.80. The van der Waals surface area contributed by atoms with E-state index in [9.17, 15) is 20.1 Å². The lowest BCUT2D eigenvalue weighted by atomic mass is 9.97. The summed E-state index contributed by atoms with van der Waals surface area (Å²) in [5.74, 6) is 0.344. The molecule has 2 unspecified atom stereocenters. The fourth-order valence-corrected chi connectivity index (χ4v) is 1.88. The van der Waals surface area contributed by atoms with Crippen LogP contribution in [0.2, 0.25) is 0 Å². The molecule has 0 fully saturated rings. The number of thiol groups is 1. The Kier molecular flexibility index (Phi) is 5.46. The number of benzene rings is 1. The molecule has 0 bridgehead atoms. The molecule has 1 rings (SSSR count). The molecular formula is C12H16O5S. The van der Waals surface area contributed by atoms with Gasteiger partial charge in [-0.1, -0.05) is 0 Å². The first kappa shape index (κ1) is 14.8. The van der Waals surface area contributed by atoms with Crippen molar-refractivity contribution in [1.29, 1.82) is 0 Å². The second kappa shape index (κ2) is 6.63. The average Bonchev–Trinajstić information content (AvgIpc) is 2.37. The van der Waals surface area contributed by atoms with E-state index in [0.29, 0.717) is 12.0 Å². The van der Waals surface area contributed by atoms with Crippen molar-refractivity contribution in [2.75, 3.05) is 12.9 Å². The SMILES string of the molecule is COc1cc(C(O)C(O)CCS)c(C=O)cc1O. The van der Waals surface area contributed by atoms with E-state index >= 15 is 0 Å². The largest absolute Gasteiger partial charge is 0.504 e. The lowest BCUT2D eigenvalue weighted by Crippen LogP contribution is -2.20. The zero-order chi connectivity index (χ0) is 13.7. The van der Waals surface area contributed by atoms with Crippen LogP contribution in [-0.4, -0.2) is 40.6 Å². The van der Waals surface area contributed by atoms with Gasteiger partial charge in [0.05, 0.1) is 13.2 Å². The Morgan fingerprint density at radius 3 is 2.61 bits per heavy atom. The van der Waals surface area contributed by atoms with Gasteiger partial charge >= 0.3 is 0 Å². The molecule has 0 amide bonds. The quantitative estimate of drug-likeness (QED) is 0.457. The maximum Gasteiger partial charge on any atom is 0.160 e. The minimum Gasteiger partial charge on any atom is -0.504 e. The van der Waals surface area contributed by atoms with Gasteiger partial charge in [-0.05, 0) is 29.9 Å². The molecule has 0 aliphatic carbocycles. The Morgan fingerprint density at radius 1 is 1.44 bits per heavy atom. The number of phenolic OH excluding ortho intramolecular Hbond substituents is 1. The number of carbonyl (C=O) groups excluding carboxylic acids is 1. The number of rotatable bonds is 6. The zero-order valence-corrected chi connectivity index (χ0v) is 10.8. The van der Waals surface area contributed by atoms with Crippen molar-refractivity contribution in [3.8, 4) is 11.5 Å². The molecule has 3 N–H and O–H groups in total. The predicted molar refractivity (Wildman–Crippen MR) is 69.5 cm³/mol. The number of hydrogen-bond donors (Lipinski definition) is 4. The van der Waals surface area contributed by atoms with E-state index in [1.807, 2.05) is 0 Å². The van der Waals surface area contributed by atoms with Crippen LogP contribution in [0.5, 0.6) is 11.5 Å². The molecule has 0 saturated heterocycles. The molecule has 2 atom stereocenters. The fourth-order valence-electron chi connectivity index (χ4n) is 1.62. The number of hydrogen-bond acceptors (Lipinski definition) is 6. The van der Waals surface area contributed by atoms with Crippen LogP contribution in [0, 0.1) is 0 Å². The summed E-state index contributed by atoms with van der Waals surface area (Å²) in [6.45, 7) is 0.